The number of nitrogens with one attached hydrogen (secondary N) is 2. The van der Waals surface area contributed by atoms with E-state index in [0.717, 1.165) is 24.3 Å². The largest absolute Gasteiger partial charge is 0.398 e. The Morgan fingerprint density at radius 1 is 0.650 bits per heavy atom. The van der Waals surface area contributed by atoms with Crippen LogP contribution in [0.1, 0.15) is 57.5 Å². The van der Waals surface area contributed by atoms with E-state index in [2.05, 4.69) is 10.6 Å². The van der Waals surface area contributed by atoms with Gasteiger partial charge in [0.2, 0.25) is 23.6 Å². The highest BCUT2D eigenvalue weighted by atomic mass is 19.1. The number of nitrogens with two attached hydrogens (primary N) is 2. The molecule has 0 bridgehead atoms. The molecule has 4 aliphatic rings. The summed E-state index contributed by atoms with van der Waals surface area (Å²) >= 11 is 0. The van der Waals surface area contributed by atoms with Crippen LogP contribution in [0.15, 0.2) is 24.3 Å². The van der Waals surface area contributed by atoms with E-state index in [9.17, 15) is 37.5 Å². The molecule has 2 aromatic rings. The third kappa shape index (κ3) is 4.72. The van der Waals surface area contributed by atoms with Gasteiger partial charge in [0.1, 0.15) is 23.7 Å². The topological polar surface area (TPSA) is 185 Å². The molecular formula is C26H24F2N6O6. The van der Waals surface area contributed by atoms with Gasteiger partial charge in [-0.1, -0.05) is 0 Å². The summed E-state index contributed by atoms with van der Waals surface area (Å²) in [5.41, 5.74) is 13.2. The molecule has 2 saturated heterocycles. The Bertz CT molecular complexity index is 1400. The summed E-state index contributed by atoms with van der Waals surface area (Å²) in [6, 6.07) is 3.13. The molecule has 12 nitrogen and oxygen atoms in total. The lowest BCUT2D eigenvalue weighted by Crippen LogP contribution is -2.52. The van der Waals surface area contributed by atoms with Crippen molar-refractivity contribution in [2.45, 2.75) is 50.9 Å². The average Bonchev–Trinajstić information content (AvgIpc) is 3.37. The lowest BCUT2D eigenvalue weighted by Gasteiger charge is -2.29. The molecule has 40 heavy (non-hydrogen) atoms. The van der Waals surface area contributed by atoms with Crippen molar-refractivity contribution < 1.29 is 37.5 Å². The standard InChI is InChI=1S/2C13H12FN3O3/c2*14-6-3-7-8(9(15)4-6)5-17(13(7)20)10-1-2-11(18)16-12(10)19/h2*3-4,10H,1-2,5,15H2,(H,16,18,19)/t2*10-/m10/s1. The number of fused-ring (bicyclic) bond motifs is 2. The summed E-state index contributed by atoms with van der Waals surface area (Å²) in [6.45, 7) is 0.319. The van der Waals surface area contributed by atoms with Gasteiger partial charge in [-0.3, -0.25) is 39.4 Å². The van der Waals surface area contributed by atoms with Crippen LogP contribution >= 0.6 is 0 Å². The van der Waals surface area contributed by atoms with Crippen molar-refractivity contribution in [3.8, 4) is 0 Å². The maximum atomic E-state index is 13.3. The number of benzene rings is 2. The predicted molar refractivity (Wildman–Crippen MR) is 134 cm³/mol. The number of carbonyl (C=O) groups is 6. The molecule has 0 radical (unpaired) electrons. The number of halogens is 2. The van der Waals surface area contributed by atoms with Crippen LogP contribution in [0.4, 0.5) is 20.2 Å². The fourth-order valence-corrected chi connectivity index (χ4v) is 5.31. The maximum Gasteiger partial charge on any atom is 0.255 e. The highest BCUT2D eigenvalue weighted by Gasteiger charge is 2.41. The minimum Gasteiger partial charge on any atom is -0.398 e. The van der Waals surface area contributed by atoms with E-state index in [1.807, 2.05) is 0 Å². The molecule has 14 heteroatoms. The molecule has 2 aromatic carbocycles. The maximum absolute atomic E-state index is 13.3. The molecule has 4 aliphatic heterocycles. The molecule has 0 aromatic heterocycles. The molecule has 0 aliphatic carbocycles. The second-order valence-corrected chi connectivity index (χ2v) is 9.84. The number of amides is 6. The minimum atomic E-state index is -0.713. The smallest absolute Gasteiger partial charge is 0.255 e. The van der Waals surface area contributed by atoms with Crippen molar-refractivity contribution in [1.82, 2.24) is 20.4 Å². The van der Waals surface area contributed by atoms with Gasteiger partial charge >= 0.3 is 0 Å². The SMILES string of the molecule is Nc1cc(F)cc2c1CN([C@@H]1CCC(=O)NC1=O)C2=O.Nc1cc(F)cc2c1CN([C@H]1CCC(=O)NC1=O)C2=O. The van der Waals surface area contributed by atoms with Gasteiger partial charge in [-0.15, -0.1) is 0 Å². The van der Waals surface area contributed by atoms with Crippen LogP contribution in [0.5, 0.6) is 0 Å². The normalized spacial score (nSPS) is 21.9. The Kier molecular flexibility index (Phi) is 6.69. The van der Waals surface area contributed by atoms with E-state index < -0.39 is 47.3 Å². The van der Waals surface area contributed by atoms with E-state index in [-0.39, 0.29) is 73.1 Å². The average molecular weight is 555 g/mol. The van der Waals surface area contributed by atoms with E-state index in [4.69, 9.17) is 11.5 Å². The third-order valence-corrected chi connectivity index (χ3v) is 7.31. The Morgan fingerprint density at radius 2 is 1.02 bits per heavy atom. The van der Waals surface area contributed by atoms with Crippen LogP contribution in [0.3, 0.4) is 0 Å². The first-order chi connectivity index (χ1) is 18.9. The van der Waals surface area contributed by atoms with Crippen LogP contribution in [0, 0.1) is 11.6 Å². The lowest BCUT2D eigenvalue weighted by molar-refractivity contribution is -0.138. The van der Waals surface area contributed by atoms with Crippen molar-refractivity contribution in [1.29, 1.82) is 0 Å². The zero-order valence-corrected chi connectivity index (χ0v) is 21.0. The zero-order chi connectivity index (χ0) is 28.9. The highest BCUT2D eigenvalue weighted by molar-refractivity contribution is 6.07. The molecule has 6 rings (SSSR count). The van der Waals surface area contributed by atoms with Gasteiger partial charge in [0.15, 0.2) is 0 Å². The van der Waals surface area contributed by atoms with Crippen molar-refractivity contribution in [3.05, 3.63) is 58.2 Å². The number of piperidine rings is 2. The molecular weight excluding hydrogens is 530 g/mol. The van der Waals surface area contributed by atoms with E-state index in [1.165, 1.54) is 9.80 Å². The number of carbonyl (C=O) groups excluding carboxylic acids is 6. The van der Waals surface area contributed by atoms with E-state index in [1.54, 1.807) is 0 Å². The number of imide groups is 2. The van der Waals surface area contributed by atoms with Crippen LogP contribution in [-0.4, -0.2) is 57.3 Å². The number of nitrogen functional groups attached to an aromatic ring is 2. The van der Waals surface area contributed by atoms with Gasteiger partial charge in [0, 0.05) is 59.6 Å². The van der Waals surface area contributed by atoms with Gasteiger partial charge < -0.3 is 21.3 Å². The van der Waals surface area contributed by atoms with Crippen molar-refractivity contribution >= 4 is 46.8 Å². The third-order valence-electron chi connectivity index (χ3n) is 7.31. The van der Waals surface area contributed by atoms with E-state index in [0.29, 0.717) is 11.1 Å². The fraction of sp³-hybridized carbons (Fsp3) is 0.308. The molecule has 0 spiro atoms. The molecule has 6 amide bonds. The first kappa shape index (κ1) is 26.7. The molecule has 0 saturated carbocycles. The summed E-state index contributed by atoms with van der Waals surface area (Å²) in [4.78, 5) is 73.1. The van der Waals surface area contributed by atoms with Gasteiger partial charge in [-0.2, -0.15) is 0 Å². The minimum absolute atomic E-state index is 0.159. The second kappa shape index (κ2) is 10.0. The van der Waals surface area contributed by atoms with Crippen LogP contribution in [0.25, 0.3) is 0 Å². The summed E-state index contributed by atoms with van der Waals surface area (Å²) in [6.07, 6.45) is 0.903. The summed E-state index contributed by atoms with van der Waals surface area (Å²) < 4.78 is 26.6. The first-order valence-corrected chi connectivity index (χ1v) is 12.4. The second-order valence-electron chi connectivity index (χ2n) is 9.84. The van der Waals surface area contributed by atoms with Gasteiger partial charge in [-0.25, -0.2) is 8.78 Å². The quantitative estimate of drug-likeness (QED) is 0.302. The van der Waals surface area contributed by atoms with E-state index >= 15 is 0 Å². The van der Waals surface area contributed by atoms with Crippen LogP contribution in [-0.2, 0) is 32.3 Å². The first-order valence-electron chi connectivity index (χ1n) is 12.4. The lowest BCUT2D eigenvalue weighted by atomic mass is 10.0. The van der Waals surface area contributed by atoms with Crippen molar-refractivity contribution in [3.63, 3.8) is 0 Å². The Hall–Kier alpha value is -4.88. The Labute approximate surface area is 225 Å². The zero-order valence-electron chi connectivity index (χ0n) is 21.0. The number of nitrogens with zero attached hydrogens (tertiary/aromatic N) is 2. The molecule has 2 atom stereocenters. The molecule has 2 fully saturated rings. The summed E-state index contributed by atoms with van der Waals surface area (Å²) in [5, 5.41) is 4.40. The number of hydrogen-bond acceptors (Lipinski definition) is 8. The van der Waals surface area contributed by atoms with Gasteiger partial charge in [-0.05, 0) is 37.1 Å². The summed E-state index contributed by atoms with van der Waals surface area (Å²) in [5.74, 6) is -3.72. The molecule has 6 N–H and O–H groups in total. The van der Waals surface area contributed by atoms with Gasteiger partial charge in [0.25, 0.3) is 11.8 Å². The molecule has 4 heterocycles. The van der Waals surface area contributed by atoms with Crippen molar-refractivity contribution in [2.75, 3.05) is 11.5 Å². The Morgan fingerprint density at radius 3 is 1.38 bits per heavy atom. The van der Waals surface area contributed by atoms with Gasteiger partial charge in [0.05, 0.1) is 0 Å². The van der Waals surface area contributed by atoms with Crippen molar-refractivity contribution in [2.24, 2.45) is 0 Å². The highest BCUT2D eigenvalue weighted by Crippen LogP contribution is 2.33. The number of anilines is 2. The fourth-order valence-electron chi connectivity index (χ4n) is 5.31. The Balaban J connectivity index is 0.000000161. The van der Waals surface area contributed by atoms with Crippen LogP contribution < -0.4 is 22.1 Å². The summed E-state index contributed by atoms with van der Waals surface area (Å²) in [7, 11) is 0. The number of hydrogen-bond donors (Lipinski definition) is 4. The molecule has 0 unspecified atom stereocenters. The van der Waals surface area contributed by atoms with Crippen LogP contribution in [0.2, 0.25) is 0 Å². The monoisotopic (exact) mass is 554 g/mol. The predicted octanol–water partition coefficient (Wildman–Crippen LogP) is 0.338. The number of rotatable bonds is 2. The molecule has 208 valence electrons.